The van der Waals surface area contributed by atoms with Gasteiger partial charge in [0.25, 0.3) is 5.91 Å². The first-order valence-corrected chi connectivity index (χ1v) is 5.56. The van der Waals surface area contributed by atoms with Gasteiger partial charge < -0.3 is 14.8 Å². The molecule has 1 aromatic rings. The number of hydrogen-bond donors (Lipinski definition) is 2. The highest BCUT2D eigenvalue weighted by Gasteiger charge is 2.24. The van der Waals surface area contributed by atoms with Gasteiger partial charge in [0.05, 0.1) is 5.56 Å². The van der Waals surface area contributed by atoms with Crippen LogP contribution in [0.2, 0.25) is 0 Å². The number of carbonyl (C=O) groups excluding carboxylic acids is 1. The number of carboxylic acids is 1. The van der Waals surface area contributed by atoms with E-state index in [0.717, 1.165) is 19.1 Å². The van der Waals surface area contributed by atoms with Gasteiger partial charge in [-0.1, -0.05) is 13.8 Å². The Morgan fingerprint density at radius 2 is 2.00 bits per heavy atom. The summed E-state index contributed by atoms with van der Waals surface area (Å²) in [5, 5.41) is 11.5. The second kappa shape index (κ2) is 5.03. The maximum atomic E-state index is 11.8. The molecule has 5 nitrogen and oxygen atoms in total. The first-order valence-electron chi connectivity index (χ1n) is 5.56. The van der Waals surface area contributed by atoms with Crippen molar-refractivity contribution in [3.05, 3.63) is 23.7 Å². The summed E-state index contributed by atoms with van der Waals surface area (Å²) in [5.41, 5.74) is -0.322. The molecule has 0 aromatic carbocycles. The van der Waals surface area contributed by atoms with Gasteiger partial charge in [-0.3, -0.25) is 4.79 Å². The van der Waals surface area contributed by atoms with Gasteiger partial charge in [-0.15, -0.1) is 0 Å². The molecule has 2 N–H and O–H groups in total. The third-order valence-corrected chi connectivity index (χ3v) is 3.05. The summed E-state index contributed by atoms with van der Waals surface area (Å²) < 4.78 is 4.93. The number of carbonyl (C=O) groups is 2. The smallest absolute Gasteiger partial charge is 0.338 e. The molecular weight excluding hydrogens is 222 g/mol. The van der Waals surface area contributed by atoms with E-state index in [4.69, 9.17) is 9.52 Å². The highest BCUT2D eigenvalue weighted by molar-refractivity contribution is 5.95. The largest absolute Gasteiger partial charge is 0.478 e. The lowest BCUT2D eigenvalue weighted by Crippen LogP contribution is -2.44. The van der Waals surface area contributed by atoms with E-state index < -0.39 is 5.97 Å². The van der Waals surface area contributed by atoms with Crippen LogP contribution in [0, 0.1) is 0 Å². The predicted molar refractivity (Wildman–Crippen MR) is 62.1 cm³/mol. The van der Waals surface area contributed by atoms with Crippen molar-refractivity contribution in [1.82, 2.24) is 5.32 Å². The molecule has 17 heavy (non-hydrogen) atoms. The van der Waals surface area contributed by atoms with E-state index in [9.17, 15) is 9.59 Å². The third-order valence-electron chi connectivity index (χ3n) is 3.05. The Morgan fingerprint density at radius 1 is 1.41 bits per heavy atom. The molecule has 94 valence electrons. The van der Waals surface area contributed by atoms with E-state index in [0.29, 0.717) is 0 Å². The van der Waals surface area contributed by atoms with Crippen molar-refractivity contribution in [2.75, 3.05) is 0 Å². The average molecular weight is 239 g/mol. The van der Waals surface area contributed by atoms with Crippen LogP contribution in [-0.4, -0.2) is 22.5 Å². The molecule has 1 heterocycles. The molecule has 5 heteroatoms. The number of nitrogens with one attached hydrogen (secondary N) is 1. The highest BCUT2D eigenvalue weighted by atomic mass is 16.4. The summed E-state index contributed by atoms with van der Waals surface area (Å²) in [6.07, 6.45) is 2.65. The van der Waals surface area contributed by atoms with E-state index in [-0.39, 0.29) is 22.8 Å². The third kappa shape index (κ3) is 3.09. The second-order valence-electron chi connectivity index (χ2n) is 4.23. The first kappa shape index (κ1) is 13.3. The number of furan rings is 1. The van der Waals surface area contributed by atoms with E-state index in [1.165, 1.54) is 6.07 Å². The minimum absolute atomic E-state index is 0.0233. The lowest BCUT2D eigenvalue weighted by molar-refractivity contribution is 0.0695. The molecule has 0 saturated heterocycles. The minimum atomic E-state index is -1.11. The van der Waals surface area contributed by atoms with E-state index in [1.54, 1.807) is 0 Å². The molecule has 0 unspecified atom stereocenters. The zero-order valence-corrected chi connectivity index (χ0v) is 10.2. The minimum Gasteiger partial charge on any atom is -0.478 e. The molecule has 0 spiro atoms. The van der Waals surface area contributed by atoms with Gasteiger partial charge in [0.2, 0.25) is 0 Å². The molecule has 0 bridgehead atoms. The van der Waals surface area contributed by atoms with Crippen LogP contribution in [0.3, 0.4) is 0 Å². The number of amides is 1. The molecule has 1 amide bonds. The SMILES string of the molecule is CCC(C)(CC)NC(=O)c1cc(C(=O)O)co1. The average Bonchev–Trinajstić information content (AvgIpc) is 2.78. The standard InChI is InChI=1S/C12H17NO4/c1-4-12(3,5-2)13-10(14)9-6-8(7-17-9)11(15)16/h6-7H,4-5H2,1-3H3,(H,13,14)(H,15,16). The molecular formula is C12H17NO4. The lowest BCUT2D eigenvalue weighted by Gasteiger charge is -2.27. The quantitative estimate of drug-likeness (QED) is 0.826. The maximum absolute atomic E-state index is 11.8. The molecule has 0 aliphatic carbocycles. The predicted octanol–water partition coefficient (Wildman–Crippen LogP) is 2.29. The fourth-order valence-electron chi connectivity index (χ4n) is 1.33. The molecule has 0 saturated carbocycles. The number of aromatic carboxylic acids is 1. The molecule has 0 fully saturated rings. The van der Waals surface area contributed by atoms with Crippen LogP contribution in [0.5, 0.6) is 0 Å². The van der Waals surface area contributed by atoms with Gasteiger partial charge in [-0.05, 0) is 19.8 Å². The van der Waals surface area contributed by atoms with Crippen molar-refractivity contribution < 1.29 is 19.1 Å². The monoisotopic (exact) mass is 239 g/mol. The lowest BCUT2D eigenvalue weighted by atomic mass is 9.95. The molecule has 1 rings (SSSR count). The van der Waals surface area contributed by atoms with E-state index in [1.807, 2.05) is 20.8 Å². The van der Waals surface area contributed by atoms with Crippen molar-refractivity contribution in [3.8, 4) is 0 Å². The van der Waals surface area contributed by atoms with Crippen LogP contribution in [0.1, 0.15) is 54.5 Å². The van der Waals surface area contributed by atoms with Crippen LogP contribution >= 0.6 is 0 Å². The fraction of sp³-hybridized carbons (Fsp3) is 0.500. The summed E-state index contributed by atoms with van der Waals surface area (Å²) in [7, 11) is 0. The summed E-state index contributed by atoms with van der Waals surface area (Å²) in [6.45, 7) is 5.90. The van der Waals surface area contributed by atoms with Crippen LogP contribution in [-0.2, 0) is 0 Å². The van der Waals surface area contributed by atoms with E-state index in [2.05, 4.69) is 5.32 Å². The van der Waals surface area contributed by atoms with Crippen LogP contribution in [0.25, 0.3) is 0 Å². The summed E-state index contributed by atoms with van der Waals surface area (Å²) in [5.74, 6) is -1.47. The number of carboxylic acid groups (broad SMARTS) is 1. The van der Waals surface area contributed by atoms with Crippen molar-refractivity contribution in [3.63, 3.8) is 0 Å². The van der Waals surface area contributed by atoms with Crippen molar-refractivity contribution in [2.45, 2.75) is 39.2 Å². The van der Waals surface area contributed by atoms with Gasteiger partial charge >= 0.3 is 5.97 Å². The molecule has 0 atom stereocenters. The Labute approximate surface area is 99.8 Å². The summed E-state index contributed by atoms with van der Waals surface area (Å²) in [6, 6.07) is 1.23. The van der Waals surface area contributed by atoms with Crippen LogP contribution < -0.4 is 5.32 Å². The van der Waals surface area contributed by atoms with Gasteiger partial charge in [0.15, 0.2) is 5.76 Å². The van der Waals surface area contributed by atoms with Crippen LogP contribution in [0.15, 0.2) is 16.7 Å². The maximum Gasteiger partial charge on any atom is 0.338 e. The molecule has 0 radical (unpaired) electrons. The Morgan fingerprint density at radius 3 is 2.41 bits per heavy atom. The summed E-state index contributed by atoms with van der Waals surface area (Å²) >= 11 is 0. The van der Waals surface area contributed by atoms with Crippen LogP contribution in [0.4, 0.5) is 0 Å². The fourth-order valence-corrected chi connectivity index (χ4v) is 1.33. The topological polar surface area (TPSA) is 79.5 Å². The molecule has 1 aromatic heterocycles. The number of hydrogen-bond acceptors (Lipinski definition) is 3. The van der Waals surface area contributed by atoms with Gasteiger partial charge in [-0.2, -0.15) is 0 Å². The first-order chi connectivity index (χ1) is 7.91. The Balaban J connectivity index is 2.79. The van der Waals surface area contributed by atoms with Crippen molar-refractivity contribution in [2.24, 2.45) is 0 Å². The Kier molecular flexibility index (Phi) is 3.93. The highest BCUT2D eigenvalue weighted by Crippen LogP contribution is 2.15. The van der Waals surface area contributed by atoms with Crippen molar-refractivity contribution >= 4 is 11.9 Å². The summed E-state index contributed by atoms with van der Waals surface area (Å²) in [4.78, 5) is 22.5. The van der Waals surface area contributed by atoms with Gasteiger partial charge in [0, 0.05) is 11.6 Å². The molecule has 0 aliphatic heterocycles. The van der Waals surface area contributed by atoms with Crippen molar-refractivity contribution in [1.29, 1.82) is 0 Å². The Hall–Kier alpha value is -1.78. The zero-order chi connectivity index (χ0) is 13.1. The normalized spacial score (nSPS) is 11.2. The number of rotatable bonds is 5. The van der Waals surface area contributed by atoms with Gasteiger partial charge in [-0.25, -0.2) is 4.79 Å². The van der Waals surface area contributed by atoms with E-state index >= 15 is 0 Å². The van der Waals surface area contributed by atoms with Gasteiger partial charge in [0.1, 0.15) is 6.26 Å². The Bertz CT molecular complexity index is 418. The molecule has 0 aliphatic rings. The zero-order valence-electron chi connectivity index (χ0n) is 10.2. The second-order valence-corrected chi connectivity index (χ2v) is 4.23.